The molecule has 2 aromatic carbocycles. The van der Waals surface area contributed by atoms with Gasteiger partial charge in [-0.3, -0.25) is 14.1 Å². The number of aliphatic imine (C=N–C) groups is 1. The van der Waals surface area contributed by atoms with E-state index < -0.39 is 11.9 Å². The van der Waals surface area contributed by atoms with E-state index in [1.165, 1.54) is 60.7 Å². The Labute approximate surface area is 225 Å². The summed E-state index contributed by atoms with van der Waals surface area (Å²) < 4.78 is 44.1. The number of piperidine rings is 1. The average Bonchev–Trinajstić information content (AvgIpc) is 3.49. The number of nitrogens with zero attached hydrogens (tertiary/aromatic N) is 2. The lowest BCUT2D eigenvalue weighted by atomic mass is 9.89. The first-order valence-corrected chi connectivity index (χ1v) is 14.1. The smallest absolute Gasteiger partial charge is 0.406 e. The SMILES string of the molecule is Cc1cc(NC2CCCC2)ccc1CCSN1CCC2(CC1)N=C(c1cccc(OC(F)(F)F)c1)NC2=O. The Hall–Kier alpha value is -2.72. The maximum Gasteiger partial charge on any atom is 0.573 e. The Morgan fingerprint density at radius 1 is 1.16 bits per heavy atom. The lowest BCUT2D eigenvalue weighted by molar-refractivity contribution is -0.274. The Balaban J connectivity index is 1.12. The van der Waals surface area contributed by atoms with E-state index in [0.717, 1.165) is 25.3 Å². The van der Waals surface area contributed by atoms with Crippen molar-refractivity contribution in [1.29, 1.82) is 0 Å². The molecule has 1 amide bonds. The summed E-state index contributed by atoms with van der Waals surface area (Å²) in [6.45, 7) is 3.61. The van der Waals surface area contributed by atoms with Gasteiger partial charge in [-0.1, -0.05) is 43.0 Å². The minimum absolute atomic E-state index is 0.193. The largest absolute Gasteiger partial charge is 0.573 e. The highest BCUT2D eigenvalue weighted by molar-refractivity contribution is 7.97. The van der Waals surface area contributed by atoms with Gasteiger partial charge in [-0.2, -0.15) is 0 Å². The number of halogens is 3. The normalized spacial score (nSPS) is 20.0. The Bertz CT molecular complexity index is 1190. The molecule has 1 saturated carbocycles. The molecule has 0 aromatic heterocycles. The van der Waals surface area contributed by atoms with Crippen LogP contribution in [0.1, 0.15) is 55.2 Å². The van der Waals surface area contributed by atoms with Gasteiger partial charge >= 0.3 is 6.36 Å². The molecule has 204 valence electrons. The number of amidine groups is 1. The Morgan fingerprint density at radius 3 is 2.63 bits per heavy atom. The molecule has 0 bridgehead atoms. The van der Waals surface area contributed by atoms with Crippen molar-refractivity contribution in [2.45, 2.75) is 69.8 Å². The van der Waals surface area contributed by atoms with Crippen LogP contribution < -0.4 is 15.4 Å². The number of aryl methyl sites for hydroxylation is 2. The van der Waals surface area contributed by atoms with Crippen LogP contribution in [0.3, 0.4) is 0 Å². The van der Waals surface area contributed by atoms with E-state index in [2.05, 4.69) is 49.8 Å². The maximum absolute atomic E-state index is 12.9. The predicted octanol–water partition coefficient (Wildman–Crippen LogP) is 5.85. The summed E-state index contributed by atoms with van der Waals surface area (Å²) in [7, 11) is 0. The molecular formula is C28H33F3N4O2S. The minimum Gasteiger partial charge on any atom is -0.406 e. The van der Waals surface area contributed by atoms with Gasteiger partial charge in [0.15, 0.2) is 0 Å². The topological polar surface area (TPSA) is 66.0 Å². The molecule has 5 rings (SSSR count). The van der Waals surface area contributed by atoms with Gasteiger partial charge in [-0.25, -0.2) is 0 Å². The number of rotatable bonds is 8. The van der Waals surface area contributed by atoms with Crippen molar-refractivity contribution in [2.24, 2.45) is 4.99 Å². The van der Waals surface area contributed by atoms with E-state index >= 15 is 0 Å². The zero-order valence-electron chi connectivity index (χ0n) is 21.4. The molecule has 10 heteroatoms. The summed E-state index contributed by atoms with van der Waals surface area (Å²) in [5, 5.41) is 6.44. The van der Waals surface area contributed by atoms with Gasteiger partial charge < -0.3 is 15.4 Å². The van der Waals surface area contributed by atoms with Gasteiger partial charge in [0.25, 0.3) is 5.91 Å². The van der Waals surface area contributed by atoms with Crippen molar-refractivity contribution >= 4 is 29.4 Å². The number of hydrogen-bond donors (Lipinski definition) is 2. The van der Waals surface area contributed by atoms with Crippen LogP contribution in [0.25, 0.3) is 0 Å². The monoisotopic (exact) mass is 546 g/mol. The highest BCUT2D eigenvalue weighted by Crippen LogP contribution is 2.34. The first-order valence-electron chi connectivity index (χ1n) is 13.2. The van der Waals surface area contributed by atoms with Crippen LogP contribution >= 0.6 is 11.9 Å². The quantitative estimate of drug-likeness (QED) is 0.407. The predicted molar refractivity (Wildman–Crippen MR) is 145 cm³/mol. The summed E-state index contributed by atoms with van der Waals surface area (Å²) in [5.41, 5.74) is 3.39. The summed E-state index contributed by atoms with van der Waals surface area (Å²) in [6, 6.07) is 12.8. The molecule has 0 radical (unpaired) electrons. The van der Waals surface area contributed by atoms with Crippen LogP contribution in [0.2, 0.25) is 0 Å². The number of hydrogen-bond acceptors (Lipinski definition) is 6. The molecule has 6 nitrogen and oxygen atoms in total. The lowest BCUT2D eigenvalue weighted by Gasteiger charge is -2.34. The first kappa shape index (κ1) is 26.9. The van der Waals surface area contributed by atoms with Crippen molar-refractivity contribution in [3.63, 3.8) is 0 Å². The van der Waals surface area contributed by atoms with Crippen LogP contribution in [-0.4, -0.2) is 52.8 Å². The van der Waals surface area contributed by atoms with Crippen LogP contribution in [-0.2, 0) is 11.2 Å². The standard InChI is InChI=1S/C28H33F3N4O2S/c1-19-17-23(32-22-6-2-3-7-22)10-9-20(19)11-16-38-35-14-12-27(13-15-35)26(36)33-25(34-27)21-5-4-8-24(18-21)37-28(29,30)31/h4-5,8-10,17-18,22,32H,2-3,6-7,11-16H2,1H3,(H,33,34,36). The van der Waals surface area contributed by atoms with Gasteiger partial charge in [-0.15, -0.1) is 13.2 Å². The number of nitrogens with one attached hydrogen (secondary N) is 2. The number of ether oxygens (including phenoxy) is 1. The first-order chi connectivity index (χ1) is 18.2. The Morgan fingerprint density at radius 2 is 1.92 bits per heavy atom. The van der Waals surface area contributed by atoms with Gasteiger partial charge in [0.1, 0.15) is 17.1 Å². The van der Waals surface area contributed by atoms with Crippen molar-refractivity contribution < 1.29 is 22.7 Å². The average molecular weight is 547 g/mol. The molecule has 1 saturated heterocycles. The van der Waals surface area contributed by atoms with Gasteiger partial charge in [0, 0.05) is 36.1 Å². The van der Waals surface area contributed by atoms with E-state index in [1.807, 2.05) is 0 Å². The zero-order valence-corrected chi connectivity index (χ0v) is 22.3. The summed E-state index contributed by atoms with van der Waals surface area (Å²) in [4.78, 5) is 17.5. The van der Waals surface area contributed by atoms with E-state index in [-0.39, 0.29) is 11.7 Å². The molecule has 2 heterocycles. The lowest BCUT2D eigenvalue weighted by Crippen LogP contribution is -2.47. The zero-order chi connectivity index (χ0) is 26.8. The summed E-state index contributed by atoms with van der Waals surface area (Å²) in [5.74, 6) is 0.719. The third-order valence-corrected chi connectivity index (χ3v) is 8.70. The molecule has 2 aliphatic heterocycles. The van der Waals surface area contributed by atoms with Crippen molar-refractivity contribution in [3.05, 3.63) is 59.2 Å². The second kappa shape index (κ2) is 11.2. The summed E-state index contributed by atoms with van der Waals surface area (Å²) >= 11 is 1.79. The van der Waals surface area contributed by atoms with Crippen LogP contribution in [0.4, 0.5) is 18.9 Å². The molecule has 2 aromatic rings. The highest BCUT2D eigenvalue weighted by atomic mass is 32.2. The molecule has 0 atom stereocenters. The third kappa shape index (κ3) is 6.46. The van der Waals surface area contributed by atoms with E-state index in [9.17, 15) is 18.0 Å². The number of alkyl halides is 3. The van der Waals surface area contributed by atoms with E-state index in [0.29, 0.717) is 30.3 Å². The van der Waals surface area contributed by atoms with E-state index in [4.69, 9.17) is 0 Å². The maximum atomic E-state index is 12.9. The second-order valence-corrected chi connectivity index (χ2v) is 11.5. The molecule has 3 aliphatic rings. The molecule has 38 heavy (non-hydrogen) atoms. The minimum atomic E-state index is -4.78. The third-order valence-electron chi connectivity index (χ3n) is 7.58. The molecule has 1 aliphatic carbocycles. The fourth-order valence-electron chi connectivity index (χ4n) is 5.47. The second-order valence-electron chi connectivity index (χ2n) is 10.3. The Kier molecular flexibility index (Phi) is 7.90. The van der Waals surface area contributed by atoms with Gasteiger partial charge in [0.05, 0.1) is 0 Å². The number of carbonyl (C=O) groups is 1. The molecular weight excluding hydrogens is 513 g/mol. The van der Waals surface area contributed by atoms with Crippen LogP contribution in [0.15, 0.2) is 47.5 Å². The van der Waals surface area contributed by atoms with Crippen molar-refractivity contribution in [2.75, 3.05) is 24.2 Å². The van der Waals surface area contributed by atoms with Crippen molar-refractivity contribution in [1.82, 2.24) is 9.62 Å². The fourth-order valence-corrected chi connectivity index (χ4v) is 6.48. The number of amides is 1. The molecule has 1 spiro atoms. The fraction of sp³-hybridized carbons (Fsp3) is 0.500. The van der Waals surface area contributed by atoms with E-state index in [1.54, 1.807) is 18.0 Å². The van der Waals surface area contributed by atoms with Gasteiger partial charge in [0.2, 0.25) is 0 Å². The van der Waals surface area contributed by atoms with Crippen LogP contribution in [0, 0.1) is 6.92 Å². The van der Waals surface area contributed by atoms with Gasteiger partial charge in [-0.05, 0) is 74.4 Å². The number of benzene rings is 2. The number of carbonyl (C=O) groups excluding carboxylic acids is 1. The molecule has 2 fully saturated rings. The molecule has 2 N–H and O–H groups in total. The number of anilines is 1. The summed E-state index contributed by atoms with van der Waals surface area (Å²) in [6.07, 6.45) is 2.47. The highest BCUT2D eigenvalue weighted by Gasteiger charge is 2.46. The molecule has 0 unspecified atom stereocenters. The van der Waals surface area contributed by atoms with Crippen molar-refractivity contribution in [3.8, 4) is 5.75 Å². The van der Waals surface area contributed by atoms with Crippen LogP contribution in [0.5, 0.6) is 5.75 Å².